The van der Waals surface area contributed by atoms with E-state index in [1.54, 1.807) is 11.7 Å². The van der Waals surface area contributed by atoms with E-state index in [4.69, 9.17) is 16.3 Å². The van der Waals surface area contributed by atoms with Crippen LogP contribution in [-0.4, -0.2) is 27.6 Å². The van der Waals surface area contributed by atoms with E-state index in [0.29, 0.717) is 17.5 Å². The van der Waals surface area contributed by atoms with Crippen molar-refractivity contribution in [3.63, 3.8) is 0 Å². The van der Waals surface area contributed by atoms with Crippen molar-refractivity contribution in [2.45, 2.75) is 31.3 Å². The molecule has 1 aromatic rings. The molecule has 6 heteroatoms. The number of ether oxygens (including phenoxy) is 1. The maximum Gasteiger partial charge on any atom is 0.319 e. The first-order valence-corrected chi connectivity index (χ1v) is 6.97. The molecular formula is C11H17ClN2O2S. The van der Waals surface area contributed by atoms with E-state index in [0.717, 1.165) is 12.1 Å². The van der Waals surface area contributed by atoms with E-state index in [1.807, 2.05) is 19.9 Å². The minimum atomic E-state index is -0.151. The smallest absolute Gasteiger partial charge is 0.319 e. The standard InChI is InChI=1S/C11H17ClN2O2S/c1-4-9(11(15)16-5-2)17-7-8-6-10(12)14(3)13-8/h6,9H,4-5,7H2,1-3H3. The second-order valence-corrected chi connectivity index (χ2v) is 5.12. The van der Waals surface area contributed by atoms with Crippen LogP contribution in [-0.2, 0) is 22.3 Å². The van der Waals surface area contributed by atoms with Crippen molar-refractivity contribution in [2.24, 2.45) is 7.05 Å². The van der Waals surface area contributed by atoms with Crippen LogP contribution in [0.2, 0.25) is 5.15 Å². The van der Waals surface area contributed by atoms with Crippen LogP contribution in [0.3, 0.4) is 0 Å². The number of halogens is 1. The third-order valence-electron chi connectivity index (χ3n) is 2.23. The Morgan fingerprint density at radius 1 is 1.65 bits per heavy atom. The monoisotopic (exact) mass is 276 g/mol. The lowest BCUT2D eigenvalue weighted by Gasteiger charge is -2.11. The van der Waals surface area contributed by atoms with Gasteiger partial charge in [-0.25, -0.2) is 0 Å². The molecule has 0 bridgehead atoms. The average molecular weight is 277 g/mol. The lowest BCUT2D eigenvalue weighted by atomic mass is 10.3. The molecule has 4 nitrogen and oxygen atoms in total. The fourth-order valence-corrected chi connectivity index (χ4v) is 2.46. The van der Waals surface area contributed by atoms with E-state index in [9.17, 15) is 4.79 Å². The second-order valence-electron chi connectivity index (χ2n) is 3.54. The molecule has 0 aliphatic rings. The van der Waals surface area contributed by atoms with Crippen LogP contribution in [0.25, 0.3) is 0 Å². The highest BCUT2D eigenvalue weighted by Crippen LogP contribution is 2.22. The molecule has 17 heavy (non-hydrogen) atoms. The molecule has 0 amide bonds. The van der Waals surface area contributed by atoms with Crippen LogP contribution in [0.4, 0.5) is 0 Å². The Morgan fingerprint density at radius 3 is 2.82 bits per heavy atom. The molecule has 1 aromatic heterocycles. The fourth-order valence-electron chi connectivity index (χ4n) is 1.34. The van der Waals surface area contributed by atoms with Gasteiger partial charge < -0.3 is 4.74 Å². The van der Waals surface area contributed by atoms with Crippen molar-refractivity contribution in [1.82, 2.24) is 9.78 Å². The van der Waals surface area contributed by atoms with Gasteiger partial charge in [-0.3, -0.25) is 9.48 Å². The van der Waals surface area contributed by atoms with Gasteiger partial charge in [-0.05, 0) is 19.4 Å². The van der Waals surface area contributed by atoms with Gasteiger partial charge in [-0.1, -0.05) is 18.5 Å². The summed E-state index contributed by atoms with van der Waals surface area (Å²) >= 11 is 7.43. The van der Waals surface area contributed by atoms with E-state index in [1.165, 1.54) is 11.8 Å². The highest BCUT2D eigenvalue weighted by molar-refractivity contribution is 7.99. The number of nitrogens with zero attached hydrogens (tertiary/aromatic N) is 2. The first-order valence-electron chi connectivity index (χ1n) is 5.55. The summed E-state index contributed by atoms with van der Waals surface area (Å²) in [5.74, 6) is 0.514. The van der Waals surface area contributed by atoms with Crippen molar-refractivity contribution in [2.75, 3.05) is 6.61 Å². The largest absolute Gasteiger partial charge is 0.465 e. The van der Waals surface area contributed by atoms with Crippen molar-refractivity contribution >= 4 is 29.3 Å². The van der Waals surface area contributed by atoms with Crippen molar-refractivity contribution in [3.05, 3.63) is 16.9 Å². The maximum atomic E-state index is 11.6. The number of hydrogen-bond acceptors (Lipinski definition) is 4. The molecule has 1 atom stereocenters. The molecule has 0 saturated heterocycles. The van der Waals surface area contributed by atoms with Gasteiger partial charge in [0.1, 0.15) is 10.4 Å². The van der Waals surface area contributed by atoms with Gasteiger partial charge >= 0.3 is 5.97 Å². The minimum absolute atomic E-state index is 0.129. The highest BCUT2D eigenvalue weighted by Gasteiger charge is 2.18. The Balaban J connectivity index is 2.50. The summed E-state index contributed by atoms with van der Waals surface area (Å²) in [5, 5.41) is 4.71. The minimum Gasteiger partial charge on any atom is -0.465 e. The third-order valence-corrected chi connectivity index (χ3v) is 3.97. The molecule has 0 N–H and O–H groups in total. The number of thioether (sulfide) groups is 1. The number of aromatic nitrogens is 2. The van der Waals surface area contributed by atoms with Gasteiger partial charge in [0, 0.05) is 12.8 Å². The molecule has 1 heterocycles. The predicted octanol–water partition coefficient (Wildman–Crippen LogP) is 2.65. The Morgan fingerprint density at radius 2 is 2.35 bits per heavy atom. The van der Waals surface area contributed by atoms with E-state index >= 15 is 0 Å². The Hall–Kier alpha value is -0.680. The summed E-state index contributed by atoms with van der Waals surface area (Å²) < 4.78 is 6.61. The Labute approximate surface area is 111 Å². The number of carbonyl (C=O) groups is 1. The summed E-state index contributed by atoms with van der Waals surface area (Å²) in [4.78, 5) is 11.6. The Bertz CT molecular complexity index is 362. The lowest BCUT2D eigenvalue weighted by Crippen LogP contribution is -2.19. The second kappa shape index (κ2) is 6.91. The topological polar surface area (TPSA) is 44.1 Å². The van der Waals surface area contributed by atoms with Gasteiger partial charge in [0.2, 0.25) is 0 Å². The molecule has 0 aliphatic heterocycles. The van der Waals surface area contributed by atoms with Crippen LogP contribution >= 0.6 is 23.4 Å². The third kappa shape index (κ3) is 4.24. The molecule has 0 spiro atoms. The summed E-state index contributed by atoms with van der Waals surface area (Å²) in [6.45, 7) is 4.21. The van der Waals surface area contributed by atoms with Crippen molar-refractivity contribution in [1.29, 1.82) is 0 Å². The summed E-state index contributed by atoms with van der Waals surface area (Å²) in [5.41, 5.74) is 0.880. The SMILES string of the molecule is CCOC(=O)C(CC)SCc1cc(Cl)n(C)n1. The number of rotatable bonds is 6. The van der Waals surface area contributed by atoms with Crippen LogP contribution < -0.4 is 0 Å². The maximum absolute atomic E-state index is 11.6. The Kier molecular flexibility index (Phi) is 5.85. The number of carbonyl (C=O) groups excluding carboxylic acids is 1. The number of hydrogen-bond donors (Lipinski definition) is 0. The number of aryl methyl sites for hydroxylation is 1. The van der Waals surface area contributed by atoms with Crippen LogP contribution in [0.1, 0.15) is 26.0 Å². The fraction of sp³-hybridized carbons (Fsp3) is 0.636. The molecule has 1 rings (SSSR count). The molecule has 0 aliphatic carbocycles. The molecule has 1 unspecified atom stereocenters. The predicted molar refractivity (Wildman–Crippen MR) is 70.2 cm³/mol. The molecule has 0 radical (unpaired) electrons. The summed E-state index contributed by atoms with van der Waals surface area (Å²) in [7, 11) is 1.79. The zero-order valence-corrected chi connectivity index (χ0v) is 11.8. The van der Waals surface area contributed by atoms with Crippen LogP contribution in [0.15, 0.2) is 6.07 Å². The van der Waals surface area contributed by atoms with Gasteiger partial charge in [-0.2, -0.15) is 5.10 Å². The molecule has 96 valence electrons. The van der Waals surface area contributed by atoms with Crippen molar-refractivity contribution < 1.29 is 9.53 Å². The highest BCUT2D eigenvalue weighted by atomic mass is 35.5. The summed E-state index contributed by atoms with van der Waals surface area (Å²) in [6.07, 6.45) is 0.754. The molecular weight excluding hydrogens is 260 g/mol. The quantitative estimate of drug-likeness (QED) is 0.750. The number of esters is 1. The van der Waals surface area contributed by atoms with E-state index in [-0.39, 0.29) is 11.2 Å². The summed E-state index contributed by atoms with van der Waals surface area (Å²) in [6, 6.07) is 1.81. The first kappa shape index (κ1) is 14.4. The lowest BCUT2D eigenvalue weighted by molar-refractivity contribution is -0.142. The van der Waals surface area contributed by atoms with Crippen LogP contribution in [0.5, 0.6) is 0 Å². The zero-order valence-electron chi connectivity index (χ0n) is 10.3. The van der Waals surface area contributed by atoms with Crippen molar-refractivity contribution in [3.8, 4) is 0 Å². The van der Waals surface area contributed by atoms with Gasteiger partial charge in [-0.15, -0.1) is 11.8 Å². The van der Waals surface area contributed by atoms with Gasteiger partial charge in [0.15, 0.2) is 0 Å². The molecule has 0 saturated carbocycles. The zero-order chi connectivity index (χ0) is 12.8. The van der Waals surface area contributed by atoms with E-state index < -0.39 is 0 Å². The van der Waals surface area contributed by atoms with Gasteiger partial charge in [0.05, 0.1) is 12.3 Å². The molecule has 0 aromatic carbocycles. The van der Waals surface area contributed by atoms with Crippen LogP contribution in [0, 0.1) is 0 Å². The first-order chi connectivity index (χ1) is 8.08. The van der Waals surface area contributed by atoms with Gasteiger partial charge in [0.25, 0.3) is 0 Å². The van der Waals surface area contributed by atoms with E-state index in [2.05, 4.69) is 5.10 Å². The average Bonchev–Trinajstić information content (AvgIpc) is 2.59. The normalized spacial score (nSPS) is 12.5. The molecule has 0 fully saturated rings.